The molecule has 0 aromatic carbocycles. The smallest absolute Gasteiger partial charge is 0.287 e. The van der Waals surface area contributed by atoms with E-state index in [4.69, 9.17) is 0 Å². The Labute approximate surface area is 137 Å². The average molecular weight is 312 g/mol. The zero-order valence-corrected chi connectivity index (χ0v) is 14.9. The summed E-state index contributed by atoms with van der Waals surface area (Å²) in [5.74, 6) is -0.726. The number of hydrogen-bond donors (Lipinski definition) is 1. The standard InChI is InChI=1S/C19H37NO2/c1-3-4-5-6-7-8-9-10-11-12-13-14-15-16-17-18(21)19(22)20-2/h3-17H2,1-2H3,(H,20,22). The number of carbonyl (C=O) groups is 2. The van der Waals surface area contributed by atoms with Gasteiger partial charge in [-0.3, -0.25) is 9.59 Å². The summed E-state index contributed by atoms with van der Waals surface area (Å²) in [7, 11) is 1.51. The van der Waals surface area contributed by atoms with Gasteiger partial charge in [0, 0.05) is 13.5 Å². The Balaban J connectivity index is 3.11. The van der Waals surface area contributed by atoms with Crippen LogP contribution in [-0.2, 0) is 9.59 Å². The molecule has 1 N–H and O–H groups in total. The van der Waals surface area contributed by atoms with Crippen molar-refractivity contribution < 1.29 is 9.59 Å². The molecular formula is C19H37NO2. The Morgan fingerprint density at radius 1 is 0.636 bits per heavy atom. The van der Waals surface area contributed by atoms with Gasteiger partial charge in [-0.1, -0.05) is 90.4 Å². The van der Waals surface area contributed by atoms with E-state index < -0.39 is 5.91 Å². The van der Waals surface area contributed by atoms with E-state index in [2.05, 4.69) is 12.2 Å². The summed E-state index contributed by atoms with van der Waals surface area (Å²) in [6.07, 6.45) is 18.6. The van der Waals surface area contributed by atoms with Crippen molar-refractivity contribution in [3.63, 3.8) is 0 Å². The predicted molar refractivity (Wildman–Crippen MR) is 94.0 cm³/mol. The number of likely N-dealkylation sites (N-methyl/N-ethyl adjacent to an activating group) is 1. The number of nitrogens with one attached hydrogen (secondary N) is 1. The fraction of sp³-hybridized carbons (Fsp3) is 0.895. The molecule has 0 unspecified atom stereocenters. The third kappa shape index (κ3) is 14.1. The molecule has 22 heavy (non-hydrogen) atoms. The number of rotatable bonds is 16. The molecule has 0 bridgehead atoms. The minimum Gasteiger partial charge on any atom is -0.353 e. The van der Waals surface area contributed by atoms with Gasteiger partial charge in [-0.05, 0) is 6.42 Å². The zero-order valence-electron chi connectivity index (χ0n) is 14.9. The van der Waals surface area contributed by atoms with Gasteiger partial charge in [-0.15, -0.1) is 0 Å². The average Bonchev–Trinajstić information content (AvgIpc) is 2.54. The summed E-state index contributed by atoms with van der Waals surface area (Å²) in [5, 5.41) is 2.38. The van der Waals surface area contributed by atoms with Crippen LogP contribution in [0.15, 0.2) is 0 Å². The number of carbonyl (C=O) groups excluding carboxylic acids is 2. The molecule has 0 aliphatic heterocycles. The Hall–Kier alpha value is -0.860. The van der Waals surface area contributed by atoms with Gasteiger partial charge in [0.25, 0.3) is 5.91 Å². The van der Waals surface area contributed by atoms with Gasteiger partial charge in [0.2, 0.25) is 5.78 Å². The first-order valence-electron chi connectivity index (χ1n) is 9.47. The Bertz CT molecular complexity index is 277. The first-order valence-corrected chi connectivity index (χ1v) is 9.47. The maximum atomic E-state index is 11.3. The topological polar surface area (TPSA) is 46.2 Å². The summed E-state index contributed by atoms with van der Waals surface area (Å²) in [6, 6.07) is 0. The van der Waals surface area contributed by atoms with Crippen LogP contribution in [0.4, 0.5) is 0 Å². The van der Waals surface area contributed by atoms with E-state index in [1.54, 1.807) is 0 Å². The predicted octanol–water partition coefficient (Wildman–Crippen LogP) is 5.17. The molecule has 0 aliphatic rings. The molecule has 0 saturated heterocycles. The van der Waals surface area contributed by atoms with Crippen molar-refractivity contribution in [2.45, 2.75) is 103 Å². The molecule has 1 amide bonds. The van der Waals surface area contributed by atoms with E-state index in [1.807, 2.05) is 0 Å². The monoisotopic (exact) mass is 311 g/mol. The fourth-order valence-electron chi connectivity index (χ4n) is 2.73. The number of hydrogen-bond acceptors (Lipinski definition) is 2. The van der Waals surface area contributed by atoms with Crippen LogP contribution in [0, 0.1) is 0 Å². The van der Waals surface area contributed by atoms with E-state index >= 15 is 0 Å². The molecule has 0 atom stereocenters. The molecule has 0 saturated carbocycles. The first kappa shape index (κ1) is 21.1. The second-order valence-electron chi connectivity index (χ2n) is 6.35. The summed E-state index contributed by atoms with van der Waals surface area (Å²) < 4.78 is 0. The van der Waals surface area contributed by atoms with Crippen molar-refractivity contribution in [2.75, 3.05) is 7.05 Å². The lowest BCUT2D eigenvalue weighted by Gasteiger charge is -2.03. The van der Waals surface area contributed by atoms with E-state index in [-0.39, 0.29) is 5.78 Å². The number of unbranched alkanes of at least 4 members (excludes halogenated alkanes) is 13. The van der Waals surface area contributed by atoms with Gasteiger partial charge in [0.05, 0.1) is 0 Å². The quantitative estimate of drug-likeness (QED) is 0.315. The second-order valence-corrected chi connectivity index (χ2v) is 6.35. The van der Waals surface area contributed by atoms with Gasteiger partial charge < -0.3 is 5.32 Å². The van der Waals surface area contributed by atoms with E-state index in [9.17, 15) is 9.59 Å². The van der Waals surface area contributed by atoms with Crippen molar-refractivity contribution >= 4 is 11.7 Å². The highest BCUT2D eigenvalue weighted by molar-refractivity contribution is 6.36. The van der Waals surface area contributed by atoms with Crippen molar-refractivity contribution in [1.29, 1.82) is 0 Å². The van der Waals surface area contributed by atoms with E-state index in [0.717, 1.165) is 12.8 Å². The van der Waals surface area contributed by atoms with Gasteiger partial charge in [-0.25, -0.2) is 0 Å². The molecule has 3 heteroatoms. The van der Waals surface area contributed by atoms with Gasteiger partial charge in [0.1, 0.15) is 0 Å². The molecule has 0 heterocycles. The number of ketones is 1. The van der Waals surface area contributed by atoms with Gasteiger partial charge in [0.15, 0.2) is 0 Å². The molecule has 0 rings (SSSR count). The summed E-state index contributed by atoms with van der Waals surface area (Å²) in [6.45, 7) is 2.26. The lowest BCUT2D eigenvalue weighted by Crippen LogP contribution is -2.27. The molecule has 0 aromatic rings. The van der Waals surface area contributed by atoms with Crippen LogP contribution < -0.4 is 5.32 Å². The third-order valence-corrected chi connectivity index (χ3v) is 4.24. The molecular weight excluding hydrogens is 274 g/mol. The Morgan fingerprint density at radius 3 is 1.36 bits per heavy atom. The molecule has 0 aromatic heterocycles. The van der Waals surface area contributed by atoms with Crippen molar-refractivity contribution in [1.82, 2.24) is 5.32 Å². The van der Waals surface area contributed by atoms with Crippen LogP contribution in [0.25, 0.3) is 0 Å². The highest BCUT2D eigenvalue weighted by atomic mass is 16.2. The molecule has 0 aliphatic carbocycles. The molecule has 130 valence electrons. The van der Waals surface area contributed by atoms with Crippen molar-refractivity contribution in [3.05, 3.63) is 0 Å². The maximum absolute atomic E-state index is 11.3. The van der Waals surface area contributed by atoms with E-state index in [1.165, 1.54) is 84.1 Å². The number of amides is 1. The Kier molecular flexibility index (Phi) is 15.9. The zero-order chi connectivity index (χ0) is 16.5. The van der Waals surface area contributed by atoms with Crippen LogP contribution >= 0.6 is 0 Å². The van der Waals surface area contributed by atoms with Crippen molar-refractivity contribution in [3.8, 4) is 0 Å². The lowest BCUT2D eigenvalue weighted by atomic mass is 10.0. The van der Waals surface area contributed by atoms with Crippen LogP contribution in [0.1, 0.15) is 103 Å². The SMILES string of the molecule is CCCCCCCCCCCCCCCCC(=O)C(=O)NC. The summed E-state index contributed by atoms with van der Waals surface area (Å²) >= 11 is 0. The highest BCUT2D eigenvalue weighted by Crippen LogP contribution is 2.13. The van der Waals surface area contributed by atoms with Crippen molar-refractivity contribution in [2.24, 2.45) is 0 Å². The molecule has 0 spiro atoms. The molecule has 0 fully saturated rings. The minimum absolute atomic E-state index is 0.276. The summed E-state index contributed by atoms with van der Waals surface area (Å²) in [4.78, 5) is 22.3. The normalized spacial score (nSPS) is 10.6. The molecule has 3 nitrogen and oxygen atoms in total. The Morgan fingerprint density at radius 2 is 1.00 bits per heavy atom. The van der Waals surface area contributed by atoms with Crippen LogP contribution in [0.3, 0.4) is 0 Å². The number of Topliss-reactive ketones (excluding diaryl/α,β-unsaturated/α-hetero) is 1. The molecule has 0 radical (unpaired) electrons. The first-order chi connectivity index (χ1) is 10.7. The highest BCUT2D eigenvalue weighted by Gasteiger charge is 2.09. The van der Waals surface area contributed by atoms with Gasteiger partial charge in [-0.2, -0.15) is 0 Å². The second kappa shape index (κ2) is 16.5. The third-order valence-electron chi connectivity index (χ3n) is 4.24. The fourth-order valence-corrected chi connectivity index (χ4v) is 2.73. The van der Waals surface area contributed by atoms with Crippen LogP contribution in [0.2, 0.25) is 0 Å². The maximum Gasteiger partial charge on any atom is 0.287 e. The summed E-state index contributed by atoms with van der Waals surface area (Å²) in [5.41, 5.74) is 0. The van der Waals surface area contributed by atoms with Crippen LogP contribution in [0.5, 0.6) is 0 Å². The van der Waals surface area contributed by atoms with E-state index in [0.29, 0.717) is 6.42 Å². The largest absolute Gasteiger partial charge is 0.353 e. The minimum atomic E-state index is -0.449. The lowest BCUT2D eigenvalue weighted by molar-refractivity contribution is -0.137. The van der Waals surface area contributed by atoms with Gasteiger partial charge >= 0.3 is 0 Å². The van der Waals surface area contributed by atoms with Crippen LogP contribution in [-0.4, -0.2) is 18.7 Å².